The van der Waals surface area contributed by atoms with E-state index >= 15 is 0 Å². The highest BCUT2D eigenvalue weighted by Gasteiger charge is 2.32. The summed E-state index contributed by atoms with van der Waals surface area (Å²) < 4.78 is 2.53. The first-order chi connectivity index (χ1) is 8.29. The number of imide groups is 1. The van der Waals surface area contributed by atoms with Crippen LogP contribution in [0, 0.1) is 0 Å². The van der Waals surface area contributed by atoms with Gasteiger partial charge in [0.1, 0.15) is 6.61 Å². The molecule has 0 radical (unpaired) electrons. The van der Waals surface area contributed by atoms with Gasteiger partial charge in [-0.2, -0.15) is 0 Å². The molecule has 2 amide bonds. The van der Waals surface area contributed by atoms with E-state index in [-0.39, 0.29) is 6.61 Å². The Bertz CT molecular complexity index is 459. The van der Waals surface area contributed by atoms with E-state index in [0.717, 1.165) is 0 Å². The minimum absolute atomic E-state index is 0.0560. The van der Waals surface area contributed by atoms with Crippen molar-refractivity contribution in [3.05, 3.63) is 34.9 Å². The van der Waals surface area contributed by atoms with Crippen LogP contribution in [0.4, 0.5) is 4.79 Å². The van der Waals surface area contributed by atoms with E-state index in [1.165, 1.54) is 0 Å². The molecular weight excluding hydrogens is 324 g/mol. The van der Waals surface area contributed by atoms with Crippen LogP contribution in [0.25, 0.3) is 0 Å². The normalized spacial score (nSPS) is 10.9. The van der Waals surface area contributed by atoms with Crippen LogP contribution in [0.1, 0.15) is 5.56 Å². The smallest absolute Gasteiger partial charge is 0.414 e. The van der Waals surface area contributed by atoms with Crippen LogP contribution in [0.3, 0.4) is 0 Å². The molecule has 1 rings (SSSR count). The molecule has 0 saturated heterocycles. The number of alkyl carbamates (subject to hydrolysis) is 1. The van der Waals surface area contributed by atoms with Gasteiger partial charge in [0.25, 0.3) is 9.70 Å². The third-order valence-corrected chi connectivity index (χ3v) is 2.48. The van der Waals surface area contributed by atoms with E-state index in [0.29, 0.717) is 10.6 Å². The summed E-state index contributed by atoms with van der Waals surface area (Å²) in [5.74, 6) is -1.08. The molecule has 0 spiro atoms. The maximum Gasteiger partial charge on any atom is 0.414 e. The molecule has 0 saturated carbocycles. The second-order valence-electron chi connectivity index (χ2n) is 3.16. The molecule has 0 aliphatic heterocycles. The highest BCUT2D eigenvalue weighted by atomic mass is 35.6. The van der Waals surface area contributed by atoms with E-state index in [1.807, 2.05) is 0 Å². The number of nitrogens with one attached hydrogen (secondary N) is 1. The molecular formula is C10H7Cl4NO3. The first kappa shape index (κ1) is 15.4. The topological polar surface area (TPSA) is 55.4 Å². The lowest BCUT2D eigenvalue weighted by Gasteiger charge is -2.10. The summed E-state index contributed by atoms with van der Waals surface area (Å²) >= 11 is 21.5. The van der Waals surface area contributed by atoms with Crippen LogP contribution >= 0.6 is 46.4 Å². The van der Waals surface area contributed by atoms with Crippen LogP contribution < -0.4 is 5.32 Å². The standard InChI is InChI=1S/C10H7Cl4NO3/c11-7-3-1-2-6(4-7)5-18-9(17)15-8(16)10(12,13)14/h1-4H,5H2,(H,15,16,17). The van der Waals surface area contributed by atoms with Crippen molar-refractivity contribution in [2.75, 3.05) is 0 Å². The predicted molar refractivity (Wildman–Crippen MR) is 70.1 cm³/mol. The number of benzene rings is 1. The summed E-state index contributed by atoms with van der Waals surface area (Å²) in [5, 5.41) is 2.28. The third kappa shape index (κ3) is 5.31. The summed E-state index contributed by atoms with van der Waals surface area (Å²) in [7, 11) is 0. The SMILES string of the molecule is O=C(NC(=O)C(Cl)(Cl)Cl)OCc1cccc(Cl)c1. The summed E-state index contributed by atoms with van der Waals surface area (Å²) in [6, 6.07) is 6.70. The Kier molecular flexibility index (Phi) is 5.53. The van der Waals surface area contributed by atoms with E-state index in [2.05, 4.69) is 0 Å². The minimum Gasteiger partial charge on any atom is -0.444 e. The molecule has 1 N–H and O–H groups in total. The molecule has 0 aromatic heterocycles. The zero-order valence-electron chi connectivity index (χ0n) is 8.75. The monoisotopic (exact) mass is 329 g/mol. The number of carbonyl (C=O) groups is 2. The van der Waals surface area contributed by atoms with Gasteiger partial charge >= 0.3 is 6.09 Å². The summed E-state index contributed by atoms with van der Waals surface area (Å²) in [5.41, 5.74) is 0.666. The molecule has 0 unspecified atom stereocenters. The molecule has 0 aliphatic carbocycles. The molecule has 98 valence electrons. The second kappa shape index (κ2) is 6.48. The number of hydrogen-bond donors (Lipinski definition) is 1. The van der Waals surface area contributed by atoms with Crippen molar-refractivity contribution in [3.8, 4) is 0 Å². The summed E-state index contributed by atoms with van der Waals surface area (Å²) in [6.07, 6.45) is -1.01. The number of alkyl halides is 3. The zero-order chi connectivity index (χ0) is 13.8. The van der Waals surface area contributed by atoms with Crippen molar-refractivity contribution >= 4 is 58.4 Å². The van der Waals surface area contributed by atoms with Crippen LogP contribution in [-0.4, -0.2) is 15.8 Å². The highest BCUT2D eigenvalue weighted by Crippen LogP contribution is 2.25. The minimum atomic E-state index is -2.21. The van der Waals surface area contributed by atoms with Gasteiger partial charge in [-0.1, -0.05) is 58.5 Å². The Morgan fingerprint density at radius 1 is 1.28 bits per heavy atom. The number of hydrogen-bond acceptors (Lipinski definition) is 3. The predicted octanol–water partition coefficient (Wildman–Crippen LogP) is 3.46. The lowest BCUT2D eigenvalue weighted by Crippen LogP contribution is -2.39. The quantitative estimate of drug-likeness (QED) is 0.845. The van der Waals surface area contributed by atoms with Gasteiger partial charge in [0.2, 0.25) is 0 Å². The van der Waals surface area contributed by atoms with Gasteiger partial charge < -0.3 is 4.74 Å². The van der Waals surface area contributed by atoms with Gasteiger partial charge in [-0.15, -0.1) is 0 Å². The molecule has 0 bridgehead atoms. The zero-order valence-corrected chi connectivity index (χ0v) is 11.8. The molecule has 0 aliphatic rings. The van der Waals surface area contributed by atoms with Crippen molar-refractivity contribution in [2.24, 2.45) is 0 Å². The lowest BCUT2D eigenvalue weighted by atomic mass is 10.2. The maximum atomic E-state index is 11.2. The Morgan fingerprint density at radius 2 is 1.94 bits per heavy atom. The fraction of sp³-hybridized carbons (Fsp3) is 0.200. The number of amides is 2. The van der Waals surface area contributed by atoms with E-state index in [4.69, 9.17) is 51.1 Å². The molecule has 1 aromatic rings. The maximum absolute atomic E-state index is 11.2. The molecule has 18 heavy (non-hydrogen) atoms. The summed E-state index contributed by atoms with van der Waals surface area (Å²) in [6.45, 7) is -0.0560. The number of carbonyl (C=O) groups excluding carboxylic acids is 2. The number of halogens is 4. The largest absolute Gasteiger partial charge is 0.444 e. The van der Waals surface area contributed by atoms with Crippen molar-refractivity contribution in [1.82, 2.24) is 5.32 Å². The van der Waals surface area contributed by atoms with E-state index in [9.17, 15) is 9.59 Å². The molecule has 8 heteroatoms. The van der Waals surface area contributed by atoms with Crippen LogP contribution in [-0.2, 0) is 16.1 Å². The first-order valence-corrected chi connectivity index (χ1v) is 6.09. The highest BCUT2D eigenvalue weighted by molar-refractivity contribution is 6.76. The Balaban J connectivity index is 2.45. The Labute approximate surface area is 123 Å². The number of rotatable bonds is 2. The van der Waals surface area contributed by atoms with Gasteiger partial charge in [0.05, 0.1) is 0 Å². The van der Waals surface area contributed by atoms with E-state index in [1.54, 1.807) is 29.6 Å². The van der Waals surface area contributed by atoms with Gasteiger partial charge in [-0.3, -0.25) is 10.1 Å². The van der Waals surface area contributed by atoms with Gasteiger partial charge in [0, 0.05) is 5.02 Å². The van der Waals surface area contributed by atoms with Crippen molar-refractivity contribution < 1.29 is 14.3 Å². The molecule has 0 atom stereocenters. The molecule has 1 aromatic carbocycles. The molecule has 0 fully saturated rings. The fourth-order valence-corrected chi connectivity index (χ4v) is 1.33. The summed E-state index contributed by atoms with van der Waals surface area (Å²) in [4.78, 5) is 22.3. The average molecular weight is 331 g/mol. The van der Waals surface area contributed by atoms with Crippen molar-refractivity contribution in [1.29, 1.82) is 0 Å². The average Bonchev–Trinajstić information content (AvgIpc) is 2.25. The van der Waals surface area contributed by atoms with Crippen LogP contribution in [0.2, 0.25) is 5.02 Å². The first-order valence-electron chi connectivity index (χ1n) is 4.58. The fourth-order valence-electron chi connectivity index (χ4n) is 0.975. The second-order valence-corrected chi connectivity index (χ2v) is 5.88. The van der Waals surface area contributed by atoms with Gasteiger partial charge in [-0.05, 0) is 17.7 Å². The third-order valence-electron chi connectivity index (χ3n) is 1.73. The van der Waals surface area contributed by atoms with Crippen LogP contribution in [0.15, 0.2) is 24.3 Å². The Hall–Kier alpha value is -0.680. The van der Waals surface area contributed by atoms with Gasteiger partial charge in [-0.25, -0.2) is 4.79 Å². The van der Waals surface area contributed by atoms with Crippen molar-refractivity contribution in [3.63, 3.8) is 0 Å². The lowest BCUT2D eigenvalue weighted by molar-refractivity contribution is -0.119. The van der Waals surface area contributed by atoms with E-state index < -0.39 is 15.8 Å². The number of ether oxygens (including phenoxy) is 1. The van der Waals surface area contributed by atoms with Gasteiger partial charge in [0.15, 0.2) is 0 Å². The Morgan fingerprint density at radius 3 is 2.50 bits per heavy atom. The van der Waals surface area contributed by atoms with Crippen molar-refractivity contribution in [2.45, 2.75) is 10.4 Å². The van der Waals surface area contributed by atoms with Crippen LogP contribution in [0.5, 0.6) is 0 Å². The molecule has 4 nitrogen and oxygen atoms in total. The molecule has 0 heterocycles.